The first-order valence-electron chi connectivity index (χ1n) is 7.03. The molecule has 0 radical (unpaired) electrons. The Morgan fingerprint density at radius 3 is 2.53 bits per heavy atom. The molecule has 0 aliphatic rings. The minimum Gasteiger partial charge on any atom is -0.464 e. The highest BCUT2D eigenvalue weighted by Gasteiger charge is 2.17. The molecule has 6 heteroatoms. The second-order valence-corrected chi connectivity index (χ2v) is 4.51. The lowest BCUT2D eigenvalue weighted by Gasteiger charge is -2.28. The predicted octanol–water partition coefficient (Wildman–Crippen LogP) is 2.26. The van der Waals surface area contributed by atoms with Crippen molar-refractivity contribution >= 4 is 11.9 Å². The van der Waals surface area contributed by atoms with E-state index in [0.29, 0.717) is 24.6 Å². The summed E-state index contributed by atoms with van der Waals surface area (Å²) in [6.07, 6.45) is 3.25. The molecule has 0 saturated heterocycles. The Kier molecular flexibility index (Phi) is 6.32. The molecule has 108 valence electrons. The minimum absolute atomic E-state index is 0.207. The van der Waals surface area contributed by atoms with E-state index in [1.807, 2.05) is 6.92 Å². The largest absolute Gasteiger partial charge is 0.464 e. The van der Waals surface area contributed by atoms with Gasteiger partial charge in [0.15, 0.2) is 0 Å². The maximum absolute atomic E-state index is 5.73. The fraction of sp³-hybridized carbons (Fsp3) is 0.769. The summed E-state index contributed by atoms with van der Waals surface area (Å²) in [6.45, 7) is 9.81. The number of hydrogen-bond donors (Lipinski definition) is 1. The van der Waals surface area contributed by atoms with Gasteiger partial charge in [-0.3, -0.25) is 0 Å². The van der Waals surface area contributed by atoms with Crippen LogP contribution >= 0.6 is 0 Å². The van der Waals surface area contributed by atoms with Gasteiger partial charge in [-0.25, -0.2) is 0 Å². The second-order valence-electron chi connectivity index (χ2n) is 4.51. The van der Waals surface area contributed by atoms with Crippen molar-refractivity contribution in [2.24, 2.45) is 0 Å². The van der Waals surface area contributed by atoms with E-state index in [1.165, 1.54) is 0 Å². The molecule has 1 heterocycles. The van der Waals surface area contributed by atoms with Crippen LogP contribution in [0.25, 0.3) is 0 Å². The number of aromatic nitrogens is 3. The summed E-state index contributed by atoms with van der Waals surface area (Å²) in [5, 5.41) is 0. The minimum atomic E-state index is 0.207. The zero-order valence-electron chi connectivity index (χ0n) is 12.4. The summed E-state index contributed by atoms with van der Waals surface area (Å²) in [5.74, 6) is 0.817. The third-order valence-electron chi connectivity index (χ3n) is 3.03. The van der Waals surface area contributed by atoms with Gasteiger partial charge in [-0.2, -0.15) is 15.0 Å². The van der Waals surface area contributed by atoms with Crippen molar-refractivity contribution in [2.45, 2.75) is 53.0 Å². The molecule has 0 bridgehead atoms. The standard InChI is InChI=1S/C13H25N5O/c1-5-8-9-18(10(4)6-2)12-15-11(14)16-13(17-12)19-7-3/h10H,5-9H2,1-4H3,(H2,14,15,16,17). The zero-order valence-corrected chi connectivity index (χ0v) is 12.4. The van der Waals surface area contributed by atoms with E-state index in [2.05, 4.69) is 40.6 Å². The van der Waals surface area contributed by atoms with E-state index in [0.717, 1.165) is 25.8 Å². The molecule has 0 amide bonds. The molecular weight excluding hydrogens is 242 g/mol. The van der Waals surface area contributed by atoms with Crippen molar-refractivity contribution in [3.8, 4) is 6.01 Å². The average Bonchev–Trinajstić information content (AvgIpc) is 2.38. The third kappa shape index (κ3) is 4.54. The molecule has 0 aliphatic carbocycles. The van der Waals surface area contributed by atoms with E-state index >= 15 is 0 Å². The van der Waals surface area contributed by atoms with E-state index in [-0.39, 0.29) is 5.95 Å². The first kappa shape index (κ1) is 15.5. The number of ether oxygens (including phenoxy) is 1. The van der Waals surface area contributed by atoms with Crippen LogP contribution in [-0.4, -0.2) is 34.1 Å². The van der Waals surface area contributed by atoms with Crippen molar-refractivity contribution in [2.75, 3.05) is 23.8 Å². The van der Waals surface area contributed by atoms with Gasteiger partial charge < -0.3 is 15.4 Å². The van der Waals surface area contributed by atoms with E-state index in [4.69, 9.17) is 10.5 Å². The Hall–Kier alpha value is -1.59. The maximum atomic E-state index is 5.73. The molecule has 1 atom stereocenters. The van der Waals surface area contributed by atoms with Gasteiger partial charge in [0, 0.05) is 12.6 Å². The fourth-order valence-electron chi connectivity index (χ4n) is 1.75. The first-order chi connectivity index (χ1) is 9.12. The van der Waals surface area contributed by atoms with Gasteiger partial charge in [-0.15, -0.1) is 0 Å². The molecule has 1 rings (SSSR count). The van der Waals surface area contributed by atoms with Gasteiger partial charge in [0.2, 0.25) is 11.9 Å². The number of unbranched alkanes of at least 4 members (excludes halogenated alkanes) is 1. The van der Waals surface area contributed by atoms with Crippen molar-refractivity contribution in [1.82, 2.24) is 15.0 Å². The summed E-state index contributed by atoms with van der Waals surface area (Å²) < 4.78 is 5.33. The van der Waals surface area contributed by atoms with Gasteiger partial charge >= 0.3 is 6.01 Å². The molecule has 0 saturated carbocycles. The smallest absolute Gasteiger partial charge is 0.323 e. The van der Waals surface area contributed by atoms with Crippen LogP contribution in [0.4, 0.5) is 11.9 Å². The van der Waals surface area contributed by atoms with E-state index in [9.17, 15) is 0 Å². The summed E-state index contributed by atoms with van der Waals surface area (Å²) in [6, 6.07) is 0.664. The van der Waals surface area contributed by atoms with Crippen molar-refractivity contribution in [1.29, 1.82) is 0 Å². The summed E-state index contributed by atoms with van der Waals surface area (Å²) in [4.78, 5) is 14.7. The van der Waals surface area contributed by atoms with Crippen LogP contribution in [0.15, 0.2) is 0 Å². The lowest BCUT2D eigenvalue weighted by molar-refractivity contribution is 0.311. The Bertz CT molecular complexity index is 385. The molecule has 1 aromatic rings. The van der Waals surface area contributed by atoms with Gasteiger partial charge in [-0.1, -0.05) is 20.3 Å². The van der Waals surface area contributed by atoms with Gasteiger partial charge in [0.05, 0.1) is 6.61 Å². The van der Waals surface area contributed by atoms with Crippen LogP contribution in [0, 0.1) is 0 Å². The number of hydrogen-bond acceptors (Lipinski definition) is 6. The number of nitrogens with zero attached hydrogens (tertiary/aromatic N) is 4. The maximum Gasteiger partial charge on any atom is 0.323 e. The predicted molar refractivity (Wildman–Crippen MR) is 77.4 cm³/mol. The van der Waals surface area contributed by atoms with Crippen molar-refractivity contribution < 1.29 is 4.74 Å². The fourth-order valence-corrected chi connectivity index (χ4v) is 1.75. The molecule has 0 aromatic carbocycles. The lowest BCUT2D eigenvalue weighted by atomic mass is 10.2. The molecule has 0 aliphatic heterocycles. The van der Waals surface area contributed by atoms with E-state index in [1.54, 1.807) is 0 Å². The Morgan fingerprint density at radius 1 is 1.21 bits per heavy atom. The quantitative estimate of drug-likeness (QED) is 0.778. The molecule has 1 aromatic heterocycles. The third-order valence-corrected chi connectivity index (χ3v) is 3.03. The number of nitrogens with two attached hydrogens (primary N) is 1. The number of rotatable bonds is 8. The molecule has 0 spiro atoms. The summed E-state index contributed by atoms with van der Waals surface area (Å²) in [5.41, 5.74) is 5.73. The zero-order chi connectivity index (χ0) is 14.3. The van der Waals surface area contributed by atoms with Crippen LogP contribution in [0.3, 0.4) is 0 Å². The average molecular weight is 267 g/mol. The van der Waals surface area contributed by atoms with Gasteiger partial charge in [0.25, 0.3) is 0 Å². The van der Waals surface area contributed by atoms with Crippen LogP contribution in [-0.2, 0) is 0 Å². The molecule has 2 N–H and O–H groups in total. The van der Waals surface area contributed by atoms with Gasteiger partial charge in [-0.05, 0) is 26.7 Å². The normalized spacial score (nSPS) is 12.2. The van der Waals surface area contributed by atoms with Crippen molar-refractivity contribution in [3.05, 3.63) is 0 Å². The lowest BCUT2D eigenvalue weighted by Crippen LogP contribution is -2.35. The van der Waals surface area contributed by atoms with Gasteiger partial charge in [0.1, 0.15) is 0 Å². The number of nitrogen functional groups attached to an aromatic ring is 1. The highest BCUT2D eigenvalue weighted by molar-refractivity contribution is 5.37. The SMILES string of the molecule is CCCCN(c1nc(N)nc(OCC)n1)C(C)CC. The summed E-state index contributed by atoms with van der Waals surface area (Å²) >= 11 is 0. The Labute approximate surface area is 115 Å². The Morgan fingerprint density at radius 2 is 1.95 bits per heavy atom. The second kappa shape index (κ2) is 7.76. The molecule has 0 fully saturated rings. The molecular formula is C13H25N5O. The first-order valence-corrected chi connectivity index (χ1v) is 7.03. The van der Waals surface area contributed by atoms with Crippen LogP contribution in [0.5, 0.6) is 6.01 Å². The molecule has 1 unspecified atom stereocenters. The summed E-state index contributed by atoms with van der Waals surface area (Å²) in [7, 11) is 0. The van der Waals surface area contributed by atoms with Crippen molar-refractivity contribution in [3.63, 3.8) is 0 Å². The highest BCUT2D eigenvalue weighted by atomic mass is 16.5. The van der Waals surface area contributed by atoms with E-state index < -0.39 is 0 Å². The topological polar surface area (TPSA) is 77.2 Å². The molecule has 19 heavy (non-hydrogen) atoms. The molecule has 6 nitrogen and oxygen atoms in total. The number of anilines is 2. The van der Waals surface area contributed by atoms with Crippen LogP contribution < -0.4 is 15.4 Å². The van der Waals surface area contributed by atoms with Crippen LogP contribution in [0.2, 0.25) is 0 Å². The van der Waals surface area contributed by atoms with Crippen LogP contribution in [0.1, 0.15) is 47.0 Å². The highest BCUT2D eigenvalue weighted by Crippen LogP contribution is 2.18. The Balaban J connectivity index is 2.99. The monoisotopic (exact) mass is 267 g/mol.